The fourth-order valence-electron chi connectivity index (χ4n) is 1.28. The topological polar surface area (TPSA) is 32.3 Å². The standard InChI is InChI=1S/C12H14F3NO/c1-2-11(17,12(13,14)15)9-16-8-10-6-4-3-5-7-10/h2-7,16-17H,1,8-9H2/t11-/m0/s1. The van der Waals surface area contributed by atoms with Crippen LogP contribution in [0.1, 0.15) is 5.56 Å². The Hall–Kier alpha value is -1.33. The molecule has 1 rings (SSSR count). The number of halogens is 3. The third-order valence-corrected chi connectivity index (χ3v) is 2.40. The number of benzene rings is 1. The van der Waals surface area contributed by atoms with Crippen LogP contribution in [0.15, 0.2) is 43.0 Å². The summed E-state index contributed by atoms with van der Waals surface area (Å²) in [6, 6.07) is 8.97. The molecule has 17 heavy (non-hydrogen) atoms. The summed E-state index contributed by atoms with van der Waals surface area (Å²) in [6.45, 7) is 2.66. The van der Waals surface area contributed by atoms with Gasteiger partial charge in [0.15, 0.2) is 5.60 Å². The van der Waals surface area contributed by atoms with E-state index in [0.29, 0.717) is 6.08 Å². The van der Waals surface area contributed by atoms with Gasteiger partial charge in [-0.05, 0) is 11.6 Å². The molecule has 2 nitrogen and oxygen atoms in total. The van der Waals surface area contributed by atoms with E-state index in [4.69, 9.17) is 0 Å². The molecule has 0 aliphatic carbocycles. The first-order valence-electron chi connectivity index (χ1n) is 5.06. The van der Waals surface area contributed by atoms with Gasteiger partial charge in [-0.1, -0.05) is 36.9 Å². The summed E-state index contributed by atoms with van der Waals surface area (Å²) in [5.41, 5.74) is -2.04. The van der Waals surface area contributed by atoms with Crippen molar-refractivity contribution in [3.63, 3.8) is 0 Å². The lowest BCUT2D eigenvalue weighted by atomic mass is 10.0. The minimum Gasteiger partial charge on any atom is -0.376 e. The van der Waals surface area contributed by atoms with E-state index >= 15 is 0 Å². The molecule has 0 aliphatic heterocycles. The highest BCUT2D eigenvalue weighted by Crippen LogP contribution is 2.30. The molecule has 0 saturated carbocycles. The highest BCUT2D eigenvalue weighted by atomic mass is 19.4. The molecule has 0 radical (unpaired) electrons. The van der Waals surface area contributed by atoms with Crippen molar-refractivity contribution in [2.75, 3.05) is 6.54 Å². The number of hydrogen-bond donors (Lipinski definition) is 2. The van der Waals surface area contributed by atoms with Crippen LogP contribution in [0.25, 0.3) is 0 Å². The van der Waals surface area contributed by atoms with Gasteiger partial charge in [-0.25, -0.2) is 0 Å². The van der Waals surface area contributed by atoms with Crippen LogP contribution in [0.3, 0.4) is 0 Å². The van der Waals surface area contributed by atoms with Crippen LogP contribution in [0.2, 0.25) is 0 Å². The SMILES string of the molecule is C=C[C@](O)(CNCc1ccccc1)C(F)(F)F. The minimum atomic E-state index is -4.72. The first-order valence-corrected chi connectivity index (χ1v) is 5.06. The van der Waals surface area contributed by atoms with E-state index in [1.165, 1.54) is 0 Å². The van der Waals surface area contributed by atoms with Crippen molar-refractivity contribution < 1.29 is 18.3 Å². The normalized spacial score (nSPS) is 15.3. The summed E-state index contributed by atoms with van der Waals surface area (Å²) in [5.74, 6) is 0. The third-order valence-electron chi connectivity index (χ3n) is 2.40. The molecule has 0 fully saturated rings. The third kappa shape index (κ3) is 3.57. The highest BCUT2D eigenvalue weighted by molar-refractivity contribution is 5.14. The molecular formula is C12H14F3NO. The first kappa shape index (κ1) is 13.7. The van der Waals surface area contributed by atoms with Crippen LogP contribution in [-0.4, -0.2) is 23.4 Å². The van der Waals surface area contributed by atoms with Crippen molar-refractivity contribution >= 4 is 0 Å². The molecule has 0 aliphatic rings. The van der Waals surface area contributed by atoms with Crippen molar-refractivity contribution in [1.29, 1.82) is 0 Å². The van der Waals surface area contributed by atoms with Gasteiger partial charge in [-0.2, -0.15) is 13.2 Å². The summed E-state index contributed by atoms with van der Waals surface area (Å²) in [4.78, 5) is 0. The van der Waals surface area contributed by atoms with Crippen molar-refractivity contribution in [2.24, 2.45) is 0 Å². The van der Waals surface area contributed by atoms with E-state index in [-0.39, 0.29) is 6.54 Å². The lowest BCUT2D eigenvalue weighted by Gasteiger charge is -2.27. The van der Waals surface area contributed by atoms with Crippen molar-refractivity contribution in [3.8, 4) is 0 Å². The molecule has 0 saturated heterocycles. The Kier molecular flexibility index (Phi) is 4.31. The number of rotatable bonds is 5. The molecular weight excluding hydrogens is 231 g/mol. The fourth-order valence-corrected chi connectivity index (χ4v) is 1.28. The van der Waals surface area contributed by atoms with Crippen molar-refractivity contribution in [3.05, 3.63) is 48.6 Å². The summed E-state index contributed by atoms with van der Waals surface area (Å²) in [5, 5.41) is 11.9. The smallest absolute Gasteiger partial charge is 0.376 e. The molecule has 5 heteroatoms. The highest BCUT2D eigenvalue weighted by Gasteiger charge is 2.51. The van der Waals surface area contributed by atoms with Crippen molar-refractivity contribution in [2.45, 2.75) is 18.3 Å². The van der Waals surface area contributed by atoms with E-state index < -0.39 is 18.3 Å². The zero-order valence-corrected chi connectivity index (χ0v) is 9.17. The maximum Gasteiger partial charge on any atom is 0.422 e. The zero-order chi connectivity index (χ0) is 12.9. The molecule has 0 bridgehead atoms. The zero-order valence-electron chi connectivity index (χ0n) is 9.17. The predicted octanol–water partition coefficient (Wildman–Crippen LogP) is 2.26. The number of aliphatic hydroxyl groups is 1. The van der Waals surface area contributed by atoms with Gasteiger partial charge in [0.2, 0.25) is 0 Å². The van der Waals surface area contributed by atoms with Gasteiger partial charge < -0.3 is 10.4 Å². The van der Waals surface area contributed by atoms with Gasteiger partial charge >= 0.3 is 6.18 Å². The average molecular weight is 245 g/mol. The van der Waals surface area contributed by atoms with Gasteiger partial charge in [-0.3, -0.25) is 0 Å². The predicted molar refractivity (Wildman–Crippen MR) is 59.4 cm³/mol. The monoisotopic (exact) mass is 245 g/mol. The molecule has 1 atom stereocenters. The minimum absolute atomic E-state index is 0.257. The van der Waals surface area contributed by atoms with E-state index in [0.717, 1.165) is 5.56 Å². The van der Waals surface area contributed by atoms with Crippen molar-refractivity contribution in [1.82, 2.24) is 5.32 Å². The Balaban J connectivity index is 2.53. The van der Waals surface area contributed by atoms with E-state index in [2.05, 4.69) is 11.9 Å². The number of hydrogen-bond acceptors (Lipinski definition) is 2. The lowest BCUT2D eigenvalue weighted by Crippen LogP contribution is -2.50. The van der Waals surface area contributed by atoms with Crippen LogP contribution in [0.5, 0.6) is 0 Å². The van der Waals surface area contributed by atoms with Crippen LogP contribution >= 0.6 is 0 Å². The Morgan fingerprint density at radius 1 is 1.24 bits per heavy atom. The second-order valence-electron chi connectivity index (χ2n) is 3.72. The maximum absolute atomic E-state index is 12.5. The molecule has 0 spiro atoms. The molecule has 0 aromatic heterocycles. The summed E-state index contributed by atoms with van der Waals surface area (Å²) in [6.07, 6.45) is -4.22. The Bertz CT molecular complexity index is 364. The second-order valence-corrected chi connectivity index (χ2v) is 3.72. The van der Waals surface area contributed by atoms with Gasteiger partial charge in [0.25, 0.3) is 0 Å². The maximum atomic E-state index is 12.5. The lowest BCUT2D eigenvalue weighted by molar-refractivity contribution is -0.237. The molecule has 1 aromatic carbocycles. The quantitative estimate of drug-likeness (QED) is 0.780. The van der Waals surface area contributed by atoms with E-state index in [9.17, 15) is 18.3 Å². The molecule has 1 aromatic rings. The second kappa shape index (κ2) is 5.33. The van der Waals surface area contributed by atoms with E-state index in [1.807, 2.05) is 6.07 Å². The molecule has 94 valence electrons. The summed E-state index contributed by atoms with van der Waals surface area (Å²) < 4.78 is 37.4. The average Bonchev–Trinajstić information content (AvgIpc) is 2.28. The molecule has 2 N–H and O–H groups in total. The van der Waals surface area contributed by atoms with Crippen LogP contribution < -0.4 is 5.32 Å². The van der Waals surface area contributed by atoms with Crippen LogP contribution in [-0.2, 0) is 6.54 Å². The molecule has 0 amide bonds. The van der Waals surface area contributed by atoms with Crippen LogP contribution in [0, 0.1) is 0 Å². The Labute approximate surface area is 97.8 Å². The molecule has 0 heterocycles. The van der Waals surface area contributed by atoms with Crippen LogP contribution in [0.4, 0.5) is 13.2 Å². The number of nitrogens with one attached hydrogen (secondary N) is 1. The largest absolute Gasteiger partial charge is 0.422 e. The Morgan fingerprint density at radius 2 is 1.82 bits per heavy atom. The van der Waals surface area contributed by atoms with Gasteiger partial charge in [0.05, 0.1) is 0 Å². The summed E-state index contributed by atoms with van der Waals surface area (Å²) in [7, 11) is 0. The van der Waals surface area contributed by atoms with Gasteiger partial charge in [0, 0.05) is 13.1 Å². The van der Waals surface area contributed by atoms with E-state index in [1.54, 1.807) is 24.3 Å². The summed E-state index contributed by atoms with van der Waals surface area (Å²) >= 11 is 0. The first-order chi connectivity index (χ1) is 7.89. The molecule has 0 unspecified atom stereocenters. The van der Waals surface area contributed by atoms with Gasteiger partial charge in [-0.15, -0.1) is 0 Å². The number of alkyl halides is 3. The fraction of sp³-hybridized carbons (Fsp3) is 0.333. The van der Waals surface area contributed by atoms with Gasteiger partial charge in [0.1, 0.15) is 0 Å². The Morgan fingerprint density at radius 3 is 2.29 bits per heavy atom.